The number of hydrogen-bond acceptors (Lipinski definition) is 2. The molecule has 2 heterocycles. The van der Waals surface area contributed by atoms with Crippen LogP contribution in [0.25, 0.3) is 11.1 Å². The molecule has 0 aliphatic carbocycles. The number of nitrogens with zero attached hydrogens (tertiary/aromatic N) is 1. The average molecular weight is 259 g/mol. The molecule has 3 heteroatoms. The van der Waals surface area contributed by atoms with Crippen LogP contribution in [-0.2, 0) is 5.54 Å². The monoisotopic (exact) mass is 258 g/mol. The normalized spacial score (nSPS) is 15.6. The van der Waals surface area contributed by atoms with Gasteiger partial charge in [0.25, 0.3) is 0 Å². The molecular weight excluding hydrogens is 244 g/mol. The van der Waals surface area contributed by atoms with Crippen LogP contribution >= 0.6 is 11.6 Å². The van der Waals surface area contributed by atoms with Crippen molar-refractivity contribution in [1.29, 1.82) is 0 Å². The van der Waals surface area contributed by atoms with E-state index in [0.29, 0.717) is 0 Å². The van der Waals surface area contributed by atoms with E-state index in [1.54, 1.807) is 0 Å². The molecular formula is C15H15ClN2. The Morgan fingerprint density at radius 1 is 1.17 bits per heavy atom. The second-order valence-corrected chi connectivity index (χ2v) is 5.70. The van der Waals surface area contributed by atoms with Crippen LogP contribution in [0.15, 0.2) is 30.5 Å². The Kier molecular flexibility index (Phi) is 2.39. The number of benzene rings is 1. The molecule has 2 nitrogen and oxygen atoms in total. The van der Waals surface area contributed by atoms with E-state index in [-0.39, 0.29) is 5.54 Å². The van der Waals surface area contributed by atoms with Crippen molar-refractivity contribution < 1.29 is 0 Å². The number of aryl methyl sites for hydroxylation is 1. The minimum Gasteiger partial charge on any atom is -0.375 e. The Morgan fingerprint density at radius 3 is 2.72 bits per heavy atom. The maximum atomic E-state index is 6.08. The molecule has 0 amide bonds. The van der Waals surface area contributed by atoms with Gasteiger partial charge in [-0.15, -0.1) is 0 Å². The summed E-state index contributed by atoms with van der Waals surface area (Å²) in [5, 5.41) is 4.31. The van der Waals surface area contributed by atoms with Crippen LogP contribution < -0.4 is 5.32 Å². The van der Waals surface area contributed by atoms with Crippen LogP contribution in [0.2, 0.25) is 5.02 Å². The predicted molar refractivity (Wildman–Crippen MR) is 76.1 cm³/mol. The molecule has 1 aromatic heterocycles. The van der Waals surface area contributed by atoms with Gasteiger partial charge < -0.3 is 5.32 Å². The maximum Gasteiger partial charge on any atom is 0.0593 e. The van der Waals surface area contributed by atoms with Gasteiger partial charge >= 0.3 is 0 Å². The van der Waals surface area contributed by atoms with Crippen LogP contribution in [0.4, 0.5) is 5.69 Å². The zero-order valence-electron chi connectivity index (χ0n) is 10.7. The van der Waals surface area contributed by atoms with Crippen molar-refractivity contribution in [2.24, 2.45) is 0 Å². The molecule has 1 N–H and O–H groups in total. The van der Waals surface area contributed by atoms with Crippen molar-refractivity contribution in [3.8, 4) is 11.1 Å². The van der Waals surface area contributed by atoms with Crippen LogP contribution in [0.5, 0.6) is 0 Å². The fraction of sp³-hybridized carbons (Fsp3) is 0.267. The summed E-state index contributed by atoms with van der Waals surface area (Å²) in [7, 11) is 0. The fourth-order valence-electron chi connectivity index (χ4n) is 2.83. The van der Waals surface area contributed by atoms with Gasteiger partial charge in [0.15, 0.2) is 0 Å². The molecule has 1 aliphatic rings. The van der Waals surface area contributed by atoms with Crippen molar-refractivity contribution in [3.63, 3.8) is 0 Å². The summed E-state index contributed by atoms with van der Waals surface area (Å²) >= 11 is 6.08. The molecule has 0 fully saturated rings. The van der Waals surface area contributed by atoms with Crippen molar-refractivity contribution >= 4 is 17.3 Å². The van der Waals surface area contributed by atoms with Crippen LogP contribution in [0, 0.1) is 6.92 Å². The Hall–Kier alpha value is -1.54. The third-order valence-corrected chi connectivity index (χ3v) is 3.72. The summed E-state index contributed by atoms with van der Waals surface area (Å²) in [6, 6.07) is 8.06. The number of hydrogen-bond donors (Lipinski definition) is 1. The minimum absolute atomic E-state index is 0.134. The van der Waals surface area contributed by atoms with Gasteiger partial charge in [-0.1, -0.05) is 17.7 Å². The topological polar surface area (TPSA) is 24.9 Å². The quantitative estimate of drug-likeness (QED) is 0.759. The van der Waals surface area contributed by atoms with E-state index >= 15 is 0 Å². The van der Waals surface area contributed by atoms with Crippen LogP contribution in [-0.4, -0.2) is 4.98 Å². The second kappa shape index (κ2) is 3.72. The van der Waals surface area contributed by atoms with Gasteiger partial charge in [0.2, 0.25) is 0 Å². The average Bonchev–Trinajstić information content (AvgIpc) is 2.27. The highest BCUT2D eigenvalue weighted by molar-refractivity contribution is 6.31. The molecule has 2 aromatic rings. The van der Waals surface area contributed by atoms with E-state index < -0.39 is 0 Å². The highest BCUT2D eigenvalue weighted by atomic mass is 35.5. The Labute approximate surface area is 112 Å². The maximum absolute atomic E-state index is 6.08. The lowest BCUT2D eigenvalue weighted by Crippen LogP contribution is -2.33. The Bertz CT molecular complexity index is 632. The van der Waals surface area contributed by atoms with Crippen molar-refractivity contribution in [2.45, 2.75) is 26.3 Å². The first-order chi connectivity index (χ1) is 8.49. The lowest BCUT2D eigenvalue weighted by molar-refractivity contribution is 0.597. The summed E-state index contributed by atoms with van der Waals surface area (Å²) in [6.07, 6.45) is 1.87. The first-order valence-corrected chi connectivity index (χ1v) is 6.41. The first kappa shape index (κ1) is 11.5. The van der Waals surface area contributed by atoms with E-state index in [0.717, 1.165) is 16.4 Å². The van der Waals surface area contributed by atoms with Gasteiger partial charge in [0.05, 0.1) is 5.54 Å². The molecule has 1 aromatic carbocycles. The standard InChI is InChI=1S/C15H15ClN2/c1-9-14-12(6-7-17-9)11-5-4-10(16)8-13(11)18-15(14,2)3/h4-8,18H,1-3H3. The summed E-state index contributed by atoms with van der Waals surface area (Å²) in [6.45, 7) is 6.40. The number of halogens is 1. The number of pyridine rings is 1. The molecule has 3 rings (SSSR count). The van der Waals surface area contributed by atoms with Crippen LogP contribution in [0.1, 0.15) is 25.1 Å². The highest BCUT2D eigenvalue weighted by Gasteiger charge is 2.32. The summed E-state index contributed by atoms with van der Waals surface area (Å²) in [5.74, 6) is 0. The summed E-state index contributed by atoms with van der Waals surface area (Å²) < 4.78 is 0. The predicted octanol–water partition coefficient (Wildman–Crippen LogP) is 4.37. The lowest BCUT2D eigenvalue weighted by atomic mass is 9.82. The molecule has 0 spiro atoms. The molecule has 1 aliphatic heterocycles. The fourth-order valence-corrected chi connectivity index (χ4v) is 3.01. The van der Waals surface area contributed by atoms with E-state index in [2.05, 4.69) is 43.2 Å². The molecule has 18 heavy (non-hydrogen) atoms. The number of nitrogens with one attached hydrogen (secondary N) is 1. The molecule has 0 bridgehead atoms. The largest absolute Gasteiger partial charge is 0.375 e. The Morgan fingerprint density at radius 2 is 1.94 bits per heavy atom. The smallest absolute Gasteiger partial charge is 0.0593 e. The SMILES string of the molecule is Cc1nccc2c1C(C)(C)Nc1cc(Cl)ccc1-2. The van der Waals surface area contributed by atoms with Gasteiger partial charge in [0, 0.05) is 33.7 Å². The molecule has 0 radical (unpaired) electrons. The van der Waals surface area contributed by atoms with Gasteiger partial charge in [-0.25, -0.2) is 0 Å². The zero-order valence-corrected chi connectivity index (χ0v) is 11.5. The van der Waals surface area contributed by atoms with E-state index in [1.165, 1.54) is 16.7 Å². The molecule has 92 valence electrons. The van der Waals surface area contributed by atoms with Crippen molar-refractivity contribution in [1.82, 2.24) is 4.98 Å². The van der Waals surface area contributed by atoms with Crippen molar-refractivity contribution in [3.05, 3.63) is 46.7 Å². The molecule has 0 saturated heterocycles. The number of aromatic nitrogens is 1. The van der Waals surface area contributed by atoms with Crippen molar-refractivity contribution in [2.75, 3.05) is 5.32 Å². The zero-order chi connectivity index (χ0) is 12.9. The second-order valence-electron chi connectivity index (χ2n) is 5.26. The number of rotatable bonds is 0. The third-order valence-electron chi connectivity index (χ3n) is 3.48. The first-order valence-electron chi connectivity index (χ1n) is 6.03. The molecule has 0 atom stereocenters. The lowest BCUT2D eigenvalue weighted by Gasteiger charge is -2.37. The van der Waals surface area contributed by atoms with Gasteiger partial charge in [-0.3, -0.25) is 4.98 Å². The van der Waals surface area contributed by atoms with Gasteiger partial charge in [-0.05, 0) is 44.5 Å². The molecule has 0 unspecified atom stereocenters. The van der Waals surface area contributed by atoms with Gasteiger partial charge in [-0.2, -0.15) is 0 Å². The number of anilines is 1. The Balaban J connectivity index is 2.35. The number of fused-ring (bicyclic) bond motifs is 3. The summed E-state index contributed by atoms with van der Waals surface area (Å²) in [4.78, 5) is 4.41. The minimum atomic E-state index is -0.134. The highest BCUT2D eigenvalue weighted by Crippen LogP contribution is 2.44. The molecule has 0 saturated carbocycles. The van der Waals surface area contributed by atoms with Gasteiger partial charge in [0.1, 0.15) is 0 Å². The third kappa shape index (κ3) is 1.60. The van der Waals surface area contributed by atoms with E-state index in [4.69, 9.17) is 11.6 Å². The van der Waals surface area contributed by atoms with Crippen LogP contribution in [0.3, 0.4) is 0 Å². The summed E-state index contributed by atoms with van der Waals surface area (Å²) in [5.41, 5.74) is 5.74. The van der Waals surface area contributed by atoms with E-state index in [9.17, 15) is 0 Å². The van der Waals surface area contributed by atoms with E-state index in [1.807, 2.05) is 18.3 Å².